The smallest absolute Gasteiger partial charge is 0.136 e. The number of rotatable bonds is 8. The summed E-state index contributed by atoms with van der Waals surface area (Å²) < 4.78 is 5.79. The predicted octanol–water partition coefficient (Wildman–Crippen LogP) is 8.01. The van der Waals surface area contributed by atoms with Crippen LogP contribution in [0, 0.1) is 37.5 Å². The fourth-order valence-electron chi connectivity index (χ4n) is 3.89. The van der Waals surface area contributed by atoms with E-state index in [-0.39, 0.29) is 0 Å². The molecular formula is C33H36O. The summed E-state index contributed by atoms with van der Waals surface area (Å²) in [7, 11) is 1.72. The highest BCUT2D eigenvalue weighted by molar-refractivity contribution is 5.59. The van der Waals surface area contributed by atoms with Gasteiger partial charge in [0.05, 0.1) is 12.7 Å². The molecule has 0 atom stereocenters. The number of aryl methyl sites for hydroxylation is 3. The molecule has 0 aliphatic heterocycles. The van der Waals surface area contributed by atoms with Crippen molar-refractivity contribution in [1.82, 2.24) is 0 Å². The molecule has 3 aromatic carbocycles. The topological polar surface area (TPSA) is 9.23 Å². The van der Waals surface area contributed by atoms with E-state index in [1.54, 1.807) is 7.11 Å². The van der Waals surface area contributed by atoms with Crippen molar-refractivity contribution in [2.45, 2.75) is 65.7 Å². The molecule has 0 saturated carbocycles. The van der Waals surface area contributed by atoms with Crippen LogP contribution in [0.3, 0.4) is 0 Å². The predicted molar refractivity (Wildman–Crippen MR) is 144 cm³/mol. The molecule has 174 valence electrons. The quantitative estimate of drug-likeness (QED) is 0.250. The third-order valence-corrected chi connectivity index (χ3v) is 5.99. The molecule has 34 heavy (non-hydrogen) atoms. The lowest BCUT2D eigenvalue weighted by Crippen LogP contribution is -1.98. The van der Waals surface area contributed by atoms with Gasteiger partial charge in [-0.05, 0) is 68.7 Å². The average molecular weight is 449 g/mol. The molecule has 0 bridgehead atoms. The minimum atomic E-state index is 0.802. The molecule has 1 nitrogen and oxygen atoms in total. The third kappa shape index (κ3) is 7.86. The zero-order valence-electron chi connectivity index (χ0n) is 21.1. The highest BCUT2D eigenvalue weighted by Crippen LogP contribution is 2.26. The van der Waals surface area contributed by atoms with Crippen LogP contribution in [-0.4, -0.2) is 7.11 Å². The number of hydrogen-bond acceptors (Lipinski definition) is 1. The summed E-state index contributed by atoms with van der Waals surface area (Å²) in [5, 5.41) is 0. The Morgan fingerprint density at radius 3 is 1.74 bits per heavy atom. The van der Waals surface area contributed by atoms with Gasteiger partial charge in [-0.1, -0.05) is 98.1 Å². The molecule has 0 aliphatic rings. The molecule has 0 fully saturated rings. The summed E-state index contributed by atoms with van der Waals surface area (Å²) in [4.78, 5) is 0. The summed E-state index contributed by atoms with van der Waals surface area (Å²) in [6, 6.07) is 20.9. The summed E-state index contributed by atoms with van der Waals surface area (Å²) in [6.07, 6.45) is 8.60. The average Bonchev–Trinajstić information content (AvgIpc) is 2.85. The third-order valence-electron chi connectivity index (χ3n) is 5.99. The van der Waals surface area contributed by atoms with Crippen molar-refractivity contribution in [2.75, 3.05) is 7.11 Å². The maximum absolute atomic E-state index is 5.79. The molecule has 0 spiro atoms. The van der Waals surface area contributed by atoms with Crippen molar-refractivity contribution in [3.05, 3.63) is 99.6 Å². The molecule has 0 aromatic heterocycles. The highest BCUT2D eigenvalue weighted by atomic mass is 16.5. The molecule has 0 saturated heterocycles. The van der Waals surface area contributed by atoms with Crippen molar-refractivity contribution in [2.24, 2.45) is 0 Å². The fourth-order valence-corrected chi connectivity index (χ4v) is 3.89. The Morgan fingerprint density at radius 2 is 1.15 bits per heavy atom. The van der Waals surface area contributed by atoms with E-state index in [4.69, 9.17) is 4.74 Å². The fraction of sp³-hybridized carbons (Fsp3) is 0.333. The summed E-state index contributed by atoms with van der Waals surface area (Å²) in [5.41, 5.74) is 7.69. The lowest BCUT2D eigenvalue weighted by atomic mass is 9.97. The Morgan fingerprint density at radius 1 is 0.618 bits per heavy atom. The van der Waals surface area contributed by atoms with Gasteiger partial charge in [0, 0.05) is 16.7 Å². The minimum absolute atomic E-state index is 0.802. The van der Waals surface area contributed by atoms with Crippen molar-refractivity contribution in [3.8, 4) is 29.4 Å². The van der Waals surface area contributed by atoms with Crippen LogP contribution in [0.15, 0.2) is 60.7 Å². The van der Waals surface area contributed by atoms with Crippen molar-refractivity contribution < 1.29 is 4.74 Å². The number of hydrogen-bond donors (Lipinski definition) is 0. The molecule has 1 heteroatoms. The summed E-state index contributed by atoms with van der Waals surface area (Å²) >= 11 is 0. The van der Waals surface area contributed by atoms with Crippen LogP contribution in [-0.2, 0) is 6.42 Å². The SMILES string of the molecule is CCCCCCCCc1cc(C#Cc2ccc(C)cc2)cc(OC)c1C#Cc1ccc(C)cc1. The first-order valence-corrected chi connectivity index (χ1v) is 12.5. The van der Waals surface area contributed by atoms with Gasteiger partial charge in [0.1, 0.15) is 5.75 Å². The van der Waals surface area contributed by atoms with E-state index in [1.807, 2.05) is 6.07 Å². The molecule has 0 N–H and O–H groups in total. The zero-order valence-corrected chi connectivity index (χ0v) is 21.1. The van der Waals surface area contributed by atoms with Crippen LogP contribution in [0.5, 0.6) is 5.75 Å². The monoisotopic (exact) mass is 448 g/mol. The Kier molecular flexibility index (Phi) is 9.88. The van der Waals surface area contributed by atoms with Gasteiger partial charge in [-0.15, -0.1) is 0 Å². The van der Waals surface area contributed by atoms with Gasteiger partial charge in [-0.2, -0.15) is 0 Å². The maximum atomic E-state index is 5.79. The van der Waals surface area contributed by atoms with E-state index in [2.05, 4.69) is 99.1 Å². The van der Waals surface area contributed by atoms with E-state index in [9.17, 15) is 0 Å². The molecule has 0 radical (unpaired) electrons. The first kappa shape index (κ1) is 25.2. The van der Waals surface area contributed by atoms with Gasteiger partial charge in [0.15, 0.2) is 0 Å². The number of unbranched alkanes of at least 4 members (excludes halogenated alkanes) is 5. The van der Waals surface area contributed by atoms with Crippen molar-refractivity contribution in [1.29, 1.82) is 0 Å². The van der Waals surface area contributed by atoms with Gasteiger partial charge >= 0.3 is 0 Å². The lowest BCUT2D eigenvalue weighted by molar-refractivity contribution is 0.412. The molecule has 3 rings (SSSR count). The van der Waals surface area contributed by atoms with Gasteiger partial charge in [0.25, 0.3) is 0 Å². The molecule has 0 heterocycles. The summed E-state index contributed by atoms with van der Waals surface area (Å²) in [6.45, 7) is 6.44. The highest BCUT2D eigenvalue weighted by Gasteiger charge is 2.10. The maximum Gasteiger partial charge on any atom is 0.136 e. The Hall–Kier alpha value is -3.42. The zero-order chi connectivity index (χ0) is 24.2. The second-order valence-corrected chi connectivity index (χ2v) is 8.96. The van der Waals surface area contributed by atoms with Crippen molar-refractivity contribution >= 4 is 0 Å². The summed E-state index contributed by atoms with van der Waals surface area (Å²) in [5.74, 6) is 14.2. The Labute approximate surface area is 206 Å². The number of ether oxygens (including phenoxy) is 1. The first-order valence-electron chi connectivity index (χ1n) is 12.5. The second-order valence-electron chi connectivity index (χ2n) is 8.96. The number of methoxy groups -OCH3 is 1. The van der Waals surface area contributed by atoms with Crippen LogP contribution >= 0.6 is 0 Å². The molecule has 0 unspecified atom stereocenters. The Balaban J connectivity index is 1.90. The van der Waals surface area contributed by atoms with Crippen LogP contribution in [0.4, 0.5) is 0 Å². The van der Waals surface area contributed by atoms with Gasteiger partial charge < -0.3 is 4.74 Å². The normalized spacial score (nSPS) is 10.1. The van der Waals surface area contributed by atoms with E-state index in [1.165, 1.54) is 48.8 Å². The van der Waals surface area contributed by atoms with Gasteiger partial charge in [-0.25, -0.2) is 0 Å². The van der Waals surface area contributed by atoms with E-state index < -0.39 is 0 Å². The second kappa shape index (κ2) is 13.3. The van der Waals surface area contributed by atoms with E-state index in [0.717, 1.165) is 40.8 Å². The molecular weight excluding hydrogens is 412 g/mol. The van der Waals surface area contributed by atoms with Crippen LogP contribution in [0.1, 0.15) is 84.4 Å². The molecule has 0 aliphatic carbocycles. The number of benzene rings is 3. The van der Waals surface area contributed by atoms with Gasteiger partial charge in [-0.3, -0.25) is 0 Å². The lowest BCUT2D eigenvalue weighted by Gasteiger charge is -2.11. The molecule has 0 amide bonds. The van der Waals surface area contributed by atoms with E-state index in [0.29, 0.717) is 0 Å². The standard InChI is InChI=1S/C33H36O/c1-5-6-7-8-9-10-11-31-24-30(21-20-28-16-12-26(2)13-17-28)25-33(34-4)32(31)23-22-29-18-14-27(3)15-19-29/h12-19,24-25H,5-11H2,1-4H3. The molecule has 3 aromatic rings. The van der Waals surface area contributed by atoms with Crippen LogP contribution < -0.4 is 4.74 Å². The first-order chi connectivity index (χ1) is 16.6. The van der Waals surface area contributed by atoms with Crippen molar-refractivity contribution in [3.63, 3.8) is 0 Å². The van der Waals surface area contributed by atoms with Crippen LogP contribution in [0.25, 0.3) is 0 Å². The largest absolute Gasteiger partial charge is 0.495 e. The Bertz CT molecular complexity index is 1180. The van der Waals surface area contributed by atoms with E-state index >= 15 is 0 Å². The van der Waals surface area contributed by atoms with Crippen LogP contribution in [0.2, 0.25) is 0 Å². The minimum Gasteiger partial charge on any atom is -0.495 e. The van der Waals surface area contributed by atoms with Gasteiger partial charge in [0.2, 0.25) is 0 Å².